The van der Waals surface area contributed by atoms with Crippen LogP contribution >= 0.6 is 0 Å². The summed E-state index contributed by atoms with van der Waals surface area (Å²) < 4.78 is 11.5. The molecular formula is C17H28N4O2. The quantitative estimate of drug-likeness (QED) is 0.649. The van der Waals surface area contributed by atoms with Crippen molar-refractivity contribution in [2.24, 2.45) is 0 Å². The summed E-state index contributed by atoms with van der Waals surface area (Å²) in [6, 6.07) is 2.35. The number of hydrogen-bond acceptors (Lipinski definition) is 6. The molecule has 0 unspecified atom stereocenters. The van der Waals surface area contributed by atoms with E-state index in [1.165, 1.54) is 0 Å². The predicted molar refractivity (Wildman–Crippen MR) is 92.1 cm³/mol. The monoisotopic (exact) mass is 320 g/mol. The van der Waals surface area contributed by atoms with E-state index in [1.54, 1.807) is 6.20 Å². The Labute approximate surface area is 139 Å². The van der Waals surface area contributed by atoms with Crippen LogP contribution < -0.4 is 9.64 Å². The average molecular weight is 320 g/mol. The van der Waals surface area contributed by atoms with Crippen molar-refractivity contribution in [3.8, 4) is 6.01 Å². The topological polar surface area (TPSA) is 50.7 Å². The molecule has 128 valence electrons. The number of aromatic nitrogens is 2. The third-order valence-corrected chi connectivity index (χ3v) is 4.01. The largest absolute Gasteiger partial charge is 0.459 e. The van der Waals surface area contributed by atoms with Crippen LogP contribution in [0.1, 0.15) is 19.8 Å². The maximum atomic E-state index is 6.08. The first-order valence-corrected chi connectivity index (χ1v) is 8.34. The van der Waals surface area contributed by atoms with Gasteiger partial charge in [0.2, 0.25) is 0 Å². The third kappa shape index (κ3) is 5.80. The molecule has 1 atom stereocenters. The van der Waals surface area contributed by atoms with E-state index >= 15 is 0 Å². The standard InChI is InChI=1S/C17H28N4O2/c1-4-6-7-15(14-21-10-12-22-13-11-21)23-17-18-9-8-16(19-17)20(3)5-2/h4,8-9,15H,1,5-7,10-14H2,2-3H3/t15-/m1/s1. The van der Waals surface area contributed by atoms with Crippen molar-refractivity contribution in [2.45, 2.75) is 25.9 Å². The second kappa shape index (κ2) is 9.47. The molecule has 2 heterocycles. The van der Waals surface area contributed by atoms with Gasteiger partial charge >= 0.3 is 6.01 Å². The van der Waals surface area contributed by atoms with Gasteiger partial charge in [-0.25, -0.2) is 4.98 Å². The SMILES string of the molecule is C=CCC[C@H](CN1CCOCC1)Oc1nccc(N(C)CC)n1. The highest BCUT2D eigenvalue weighted by Crippen LogP contribution is 2.15. The second-order valence-corrected chi connectivity index (χ2v) is 5.73. The summed E-state index contributed by atoms with van der Waals surface area (Å²) in [5.74, 6) is 0.881. The van der Waals surface area contributed by atoms with Gasteiger partial charge in [-0.3, -0.25) is 4.90 Å². The summed E-state index contributed by atoms with van der Waals surface area (Å²) >= 11 is 0. The number of ether oxygens (including phenoxy) is 2. The zero-order valence-electron chi connectivity index (χ0n) is 14.3. The fourth-order valence-electron chi connectivity index (χ4n) is 2.48. The molecule has 0 N–H and O–H groups in total. The smallest absolute Gasteiger partial charge is 0.318 e. The molecule has 6 nitrogen and oxygen atoms in total. The number of allylic oxidation sites excluding steroid dienone is 1. The van der Waals surface area contributed by atoms with Crippen molar-refractivity contribution in [1.29, 1.82) is 0 Å². The van der Waals surface area contributed by atoms with Crippen LogP contribution in [0.4, 0.5) is 5.82 Å². The van der Waals surface area contributed by atoms with Crippen molar-refractivity contribution in [3.63, 3.8) is 0 Å². The first-order chi connectivity index (χ1) is 11.2. The van der Waals surface area contributed by atoms with E-state index in [2.05, 4.69) is 33.3 Å². The van der Waals surface area contributed by atoms with Crippen molar-refractivity contribution >= 4 is 5.82 Å². The number of nitrogens with zero attached hydrogens (tertiary/aromatic N) is 4. The molecule has 0 saturated carbocycles. The zero-order chi connectivity index (χ0) is 16.5. The molecule has 2 rings (SSSR count). The molecule has 0 bridgehead atoms. The first-order valence-electron chi connectivity index (χ1n) is 8.34. The van der Waals surface area contributed by atoms with E-state index in [4.69, 9.17) is 9.47 Å². The van der Waals surface area contributed by atoms with Crippen molar-refractivity contribution in [2.75, 3.05) is 51.3 Å². The van der Waals surface area contributed by atoms with Crippen LogP contribution in [-0.2, 0) is 4.74 Å². The van der Waals surface area contributed by atoms with E-state index in [9.17, 15) is 0 Å². The lowest BCUT2D eigenvalue weighted by atomic mass is 10.2. The first kappa shape index (κ1) is 17.7. The van der Waals surface area contributed by atoms with Crippen LogP contribution in [-0.4, -0.2) is 67.4 Å². The molecule has 1 aromatic heterocycles. The summed E-state index contributed by atoms with van der Waals surface area (Å²) in [5.41, 5.74) is 0. The Morgan fingerprint density at radius 1 is 1.48 bits per heavy atom. The van der Waals surface area contributed by atoms with Crippen molar-refractivity contribution in [3.05, 3.63) is 24.9 Å². The molecule has 1 aromatic rings. The Morgan fingerprint density at radius 3 is 2.96 bits per heavy atom. The zero-order valence-corrected chi connectivity index (χ0v) is 14.3. The summed E-state index contributed by atoms with van der Waals surface area (Å²) in [6.07, 6.45) is 5.58. The van der Waals surface area contributed by atoms with Gasteiger partial charge in [0.25, 0.3) is 0 Å². The van der Waals surface area contributed by atoms with E-state index in [1.807, 2.05) is 19.2 Å². The van der Waals surface area contributed by atoms with E-state index in [0.717, 1.165) is 58.1 Å². The Balaban J connectivity index is 1.99. The van der Waals surface area contributed by atoms with Gasteiger partial charge in [0.1, 0.15) is 11.9 Å². The summed E-state index contributed by atoms with van der Waals surface area (Å²) in [7, 11) is 2.01. The lowest BCUT2D eigenvalue weighted by Crippen LogP contribution is -2.42. The van der Waals surface area contributed by atoms with E-state index in [0.29, 0.717) is 6.01 Å². The predicted octanol–water partition coefficient (Wildman–Crippen LogP) is 1.98. The molecule has 0 aromatic carbocycles. The molecule has 1 saturated heterocycles. The third-order valence-electron chi connectivity index (χ3n) is 4.01. The van der Waals surface area contributed by atoms with Crippen LogP contribution in [0.2, 0.25) is 0 Å². The maximum Gasteiger partial charge on any atom is 0.318 e. The summed E-state index contributed by atoms with van der Waals surface area (Å²) in [4.78, 5) is 13.2. The van der Waals surface area contributed by atoms with Gasteiger partial charge in [-0.05, 0) is 25.8 Å². The van der Waals surface area contributed by atoms with E-state index in [-0.39, 0.29) is 6.10 Å². The van der Waals surface area contributed by atoms with Gasteiger partial charge < -0.3 is 14.4 Å². The minimum Gasteiger partial charge on any atom is -0.459 e. The number of rotatable bonds is 9. The second-order valence-electron chi connectivity index (χ2n) is 5.73. The molecule has 0 spiro atoms. The fourth-order valence-corrected chi connectivity index (χ4v) is 2.48. The average Bonchev–Trinajstić information content (AvgIpc) is 2.60. The maximum absolute atomic E-state index is 6.08. The lowest BCUT2D eigenvalue weighted by molar-refractivity contribution is 0.0166. The molecule has 6 heteroatoms. The van der Waals surface area contributed by atoms with Gasteiger partial charge in [-0.1, -0.05) is 6.08 Å². The Morgan fingerprint density at radius 2 is 2.26 bits per heavy atom. The van der Waals surface area contributed by atoms with E-state index < -0.39 is 0 Å². The molecule has 0 aliphatic carbocycles. The van der Waals surface area contributed by atoms with Gasteiger partial charge in [0.05, 0.1) is 13.2 Å². The Kier molecular flexibility index (Phi) is 7.29. The Bertz CT molecular complexity index is 477. The minimum absolute atomic E-state index is 0.0632. The molecule has 1 aliphatic heterocycles. The molecule has 0 amide bonds. The summed E-state index contributed by atoms with van der Waals surface area (Å²) in [6.45, 7) is 11.2. The highest BCUT2D eigenvalue weighted by molar-refractivity contribution is 5.36. The molecule has 1 fully saturated rings. The van der Waals surface area contributed by atoms with Crippen LogP contribution in [0, 0.1) is 0 Å². The van der Waals surface area contributed by atoms with Crippen LogP contribution in [0.3, 0.4) is 0 Å². The van der Waals surface area contributed by atoms with Gasteiger partial charge in [-0.2, -0.15) is 4.98 Å². The van der Waals surface area contributed by atoms with Crippen molar-refractivity contribution in [1.82, 2.24) is 14.9 Å². The molecule has 23 heavy (non-hydrogen) atoms. The van der Waals surface area contributed by atoms with Gasteiger partial charge in [0, 0.05) is 39.4 Å². The van der Waals surface area contributed by atoms with Crippen LogP contribution in [0.5, 0.6) is 6.01 Å². The minimum atomic E-state index is 0.0632. The van der Waals surface area contributed by atoms with Crippen molar-refractivity contribution < 1.29 is 9.47 Å². The summed E-state index contributed by atoms with van der Waals surface area (Å²) in [5, 5.41) is 0. The van der Waals surface area contributed by atoms with Crippen LogP contribution in [0.25, 0.3) is 0 Å². The van der Waals surface area contributed by atoms with Gasteiger partial charge in [-0.15, -0.1) is 6.58 Å². The molecule has 0 radical (unpaired) electrons. The van der Waals surface area contributed by atoms with Crippen LogP contribution in [0.15, 0.2) is 24.9 Å². The number of morpholine rings is 1. The molecule has 1 aliphatic rings. The fraction of sp³-hybridized carbons (Fsp3) is 0.647. The number of hydrogen-bond donors (Lipinski definition) is 0. The molecular weight excluding hydrogens is 292 g/mol. The highest BCUT2D eigenvalue weighted by Gasteiger charge is 2.19. The van der Waals surface area contributed by atoms with Gasteiger partial charge in [0.15, 0.2) is 0 Å². The lowest BCUT2D eigenvalue weighted by Gasteiger charge is -2.30. The highest BCUT2D eigenvalue weighted by atomic mass is 16.5. The Hall–Kier alpha value is -1.66. The normalized spacial score (nSPS) is 16.8. The number of anilines is 1.